The van der Waals surface area contributed by atoms with E-state index in [9.17, 15) is 0 Å². The Balaban J connectivity index is 2.30. The van der Waals surface area contributed by atoms with Gasteiger partial charge < -0.3 is 10.6 Å². The summed E-state index contributed by atoms with van der Waals surface area (Å²) >= 11 is 8.70. The molecule has 0 amide bonds. The molecule has 0 saturated heterocycles. The second kappa shape index (κ2) is 8.48. The molecule has 2 N–H and O–H groups in total. The van der Waals surface area contributed by atoms with Crippen LogP contribution in [0.1, 0.15) is 39.5 Å². The zero-order valence-corrected chi connectivity index (χ0v) is 13.4. The van der Waals surface area contributed by atoms with Gasteiger partial charge in [0.1, 0.15) is 0 Å². The minimum absolute atomic E-state index is 0.423. The maximum Gasteiger partial charge on any atom is 0.170 e. The molecule has 0 aliphatic heterocycles. The van der Waals surface area contributed by atoms with Crippen molar-refractivity contribution in [1.82, 2.24) is 5.32 Å². The van der Waals surface area contributed by atoms with E-state index in [1.54, 1.807) is 0 Å². The maximum atomic E-state index is 5.29. The fourth-order valence-corrected chi connectivity index (χ4v) is 2.28. The fraction of sp³-hybridized carbons (Fsp3) is 0.500. The minimum atomic E-state index is 0.423. The maximum absolute atomic E-state index is 5.29. The van der Waals surface area contributed by atoms with Crippen LogP contribution in [0, 0.1) is 0 Å². The van der Waals surface area contributed by atoms with E-state index in [0.29, 0.717) is 11.2 Å². The fourth-order valence-electron chi connectivity index (χ4n) is 1.70. The number of nitrogens with one attached hydrogen (secondary N) is 2. The third-order valence-electron chi connectivity index (χ3n) is 2.72. The van der Waals surface area contributed by atoms with Gasteiger partial charge in [0.05, 0.1) is 0 Å². The zero-order chi connectivity index (χ0) is 13.4. The summed E-state index contributed by atoms with van der Waals surface area (Å²) in [7, 11) is 0. The number of unbranched alkanes of at least 4 members (excludes halogenated alkanes) is 2. The van der Waals surface area contributed by atoms with Crippen LogP contribution in [-0.4, -0.2) is 11.2 Å². The number of hydrogen-bond acceptors (Lipinski definition) is 1. The lowest BCUT2D eigenvalue weighted by atomic mass is 10.1. The second-order valence-electron chi connectivity index (χ2n) is 4.50. The lowest BCUT2D eigenvalue weighted by Gasteiger charge is -2.16. The van der Waals surface area contributed by atoms with Gasteiger partial charge in [0, 0.05) is 16.2 Å². The van der Waals surface area contributed by atoms with Crippen LogP contribution in [0.4, 0.5) is 5.69 Å². The molecule has 1 aromatic carbocycles. The van der Waals surface area contributed by atoms with E-state index in [-0.39, 0.29) is 0 Å². The van der Waals surface area contributed by atoms with Crippen molar-refractivity contribution in [3.63, 3.8) is 0 Å². The second-order valence-corrected chi connectivity index (χ2v) is 5.83. The van der Waals surface area contributed by atoms with E-state index >= 15 is 0 Å². The Hall–Kier alpha value is -0.610. The Morgan fingerprint density at radius 2 is 1.94 bits per heavy atom. The van der Waals surface area contributed by atoms with E-state index in [1.807, 2.05) is 24.3 Å². The summed E-state index contributed by atoms with van der Waals surface area (Å²) in [5.41, 5.74) is 1.01. The van der Waals surface area contributed by atoms with Crippen molar-refractivity contribution in [2.24, 2.45) is 0 Å². The Morgan fingerprint density at radius 1 is 1.28 bits per heavy atom. The summed E-state index contributed by atoms with van der Waals surface area (Å²) in [6, 6.07) is 8.41. The standard InChI is InChI=1S/C14H21BrN2S/c1-3-4-5-6-11(2)16-14(18)17-13-9-7-12(15)8-10-13/h7-11H,3-6H2,1-2H3,(H2,16,17,18). The van der Waals surface area contributed by atoms with E-state index in [2.05, 4.69) is 40.4 Å². The molecule has 0 fully saturated rings. The molecule has 0 heterocycles. The third-order valence-corrected chi connectivity index (χ3v) is 3.47. The number of thiocarbonyl (C=S) groups is 1. The van der Waals surface area contributed by atoms with Crippen LogP contribution < -0.4 is 10.6 Å². The molecule has 2 nitrogen and oxygen atoms in total. The van der Waals surface area contributed by atoms with Crippen molar-refractivity contribution in [1.29, 1.82) is 0 Å². The molecule has 0 bridgehead atoms. The molecule has 0 aliphatic rings. The van der Waals surface area contributed by atoms with Crippen molar-refractivity contribution in [2.45, 2.75) is 45.6 Å². The normalized spacial score (nSPS) is 11.9. The minimum Gasteiger partial charge on any atom is -0.360 e. The summed E-state index contributed by atoms with van der Waals surface area (Å²) in [4.78, 5) is 0. The van der Waals surface area contributed by atoms with Crippen molar-refractivity contribution < 1.29 is 0 Å². The zero-order valence-electron chi connectivity index (χ0n) is 11.0. The largest absolute Gasteiger partial charge is 0.360 e. The summed E-state index contributed by atoms with van der Waals surface area (Å²) in [6.07, 6.45) is 4.97. The highest BCUT2D eigenvalue weighted by Crippen LogP contribution is 2.14. The van der Waals surface area contributed by atoms with Gasteiger partial charge in [-0.3, -0.25) is 0 Å². The summed E-state index contributed by atoms with van der Waals surface area (Å²) in [6.45, 7) is 4.39. The van der Waals surface area contributed by atoms with Crippen LogP contribution in [0.3, 0.4) is 0 Å². The topological polar surface area (TPSA) is 24.1 Å². The highest BCUT2D eigenvalue weighted by atomic mass is 79.9. The monoisotopic (exact) mass is 328 g/mol. The summed E-state index contributed by atoms with van der Waals surface area (Å²) in [5.74, 6) is 0. The van der Waals surface area contributed by atoms with Gasteiger partial charge >= 0.3 is 0 Å². The van der Waals surface area contributed by atoms with Crippen LogP contribution >= 0.6 is 28.1 Å². The first-order valence-corrected chi connectivity index (χ1v) is 7.65. The quantitative estimate of drug-likeness (QED) is 0.584. The average Bonchev–Trinajstić information content (AvgIpc) is 2.32. The van der Waals surface area contributed by atoms with E-state index in [0.717, 1.165) is 16.6 Å². The molecule has 4 heteroatoms. The van der Waals surface area contributed by atoms with Gasteiger partial charge in [-0.15, -0.1) is 0 Å². The molecule has 1 atom stereocenters. The number of hydrogen-bond donors (Lipinski definition) is 2. The van der Waals surface area contributed by atoms with E-state index < -0.39 is 0 Å². The molecular formula is C14H21BrN2S. The van der Waals surface area contributed by atoms with Gasteiger partial charge in [0.25, 0.3) is 0 Å². The van der Waals surface area contributed by atoms with Crippen LogP contribution in [0.15, 0.2) is 28.7 Å². The SMILES string of the molecule is CCCCCC(C)NC(=S)Nc1ccc(Br)cc1. The summed E-state index contributed by atoms with van der Waals surface area (Å²) in [5, 5.41) is 7.20. The first-order valence-electron chi connectivity index (χ1n) is 6.45. The molecule has 100 valence electrons. The van der Waals surface area contributed by atoms with Gasteiger partial charge in [-0.1, -0.05) is 42.1 Å². The third kappa shape index (κ3) is 6.36. The molecular weight excluding hydrogens is 308 g/mol. The Bertz CT molecular complexity index is 365. The van der Waals surface area contributed by atoms with Crippen molar-refractivity contribution >= 4 is 38.9 Å². The lowest BCUT2D eigenvalue weighted by Crippen LogP contribution is -2.35. The molecule has 0 spiro atoms. The molecule has 1 unspecified atom stereocenters. The van der Waals surface area contributed by atoms with E-state index in [4.69, 9.17) is 12.2 Å². The molecule has 18 heavy (non-hydrogen) atoms. The van der Waals surface area contributed by atoms with Crippen molar-refractivity contribution in [3.05, 3.63) is 28.7 Å². The molecule has 1 aromatic rings. The molecule has 0 radical (unpaired) electrons. The molecule has 0 saturated carbocycles. The van der Waals surface area contributed by atoms with Crippen molar-refractivity contribution in [3.8, 4) is 0 Å². The number of halogens is 1. The van der Waals surface area contributed by atoms with Gasteiger partial charge in [-0.25, -0.2) is 0 Å². The number of benzene rings is 1. The van der Waals surface area contributed by atoms with Gasteiger partial charge in [0.2, 0.25) is 0 Å². The predicted molar refractivity (Wildman–Crippen MR) is 87.1 cm³/mol. The van der Waals surface area contributed by atoms with Gasteiger partial charge in [0.15, 0.2) is 5.11 Å². The first-order chi connectivity index (χ1) is 8.61. The molecule has 0 aromatic heterocycles. The predicted octanol–water partition coefficient (Wildman–Crippen LogP) is 4.70. The van der Waals surface area contributed by atoms with E-state index in [1.165, 1.54) is 19.3 Å². The number of rotatable bonds is 6. The smallest absolute Gasteiger partial charge is 0.170 e. The Kier molecular flexibility index (Phi) is 7.28. The van der Waals surface area contributed by atoms with Gasteiger partial charge in [-0.05, 0) is 49.8 Å². The Labute approximate surface area is 124 Å². The first kappa shape index (κ1) is 15.4. The number of anilines is 1. The highest BCUT2D eigenvalue weighted by Gasteiger charge is 2.04. The lowest BCUT2D eigenvalue weighted by molar-refractivity contribution is 0.556. The summed E-state index contributed by atoms with van der Waals surface area (Å²) < 4.78 is 1.07. The van der Waals surface area contributed by atoms with Crippen LogP contribution in [0.2, 0.25) is 0 Å². The van der Waals surface area contributed by atoms with Crippen LogP contribution in [0.5, 0.6) is 0 Å². The Morgan fingerprint density at radius 3 is 2.56 bits per heavy atom. The van der Waals surface area contributed by atoms with Crippen LogP contribution in [0.25, 0.3) is 0 Å². The molecule has 0 aliphatic carbocycles. The molecule has 1 rings (SSSR count). The highest BCUT2D eigenvalue weighted by molar-refractivity contribution is 9.10. The van der Waals surface area contributed by atoms with Crippen LogP contribution in [-0.2, 0) is 0 Å². The van der Waals surface area contributed by atoms with Crippen molar-refractivity contribution in [2.75, 3.05) is 5.32 Å². The average molecular weight is 329 g/mol. The van der Waals surface area contributed by atoms with Gasteiger partial charge in [-0.2, -0.15) is 0 Å².